The van der Waals surface area contributed by atoms with Gasteiger partial charge in [-0.15, -0.1) is 0 Å². The number of fused-ring (bicyclic) bond motifs is 1. The van der Waals surface area contributed by atoms with Crippen molar-refractivity contribution in [3.8, 4) is 0 Å². The molecule has 4 nitrogen and oxygen atoms in total. The highest BCUT2D eigenvalue weighted by molar-refractivity contribution is 9.10. The van der Waals surface area contributed by atoms with E-state index in [0.29, 0.717) is 17.1 Å². The van der Waals surface area contributed by atoms with Gasteiger partial charge in [0, 0.05) is 33.7 Å². The number of nitrogens with zero attached hydrogens (tertiary/aromatic N) is 2. The fourth-order valence-electron chi connectivity index (χ4n) is 2.35. The zero-order chi connectivity index (χ0) is 15.0. The first-order valence-corrected chi connectivity index (χ1v) is 7.39. The molecule has 0 saturated carbocycles. The predicted octanol–water partition coefficient (Wildman–Crippen LogP) is 5.01. The Labute approximate surface area is 134 Å². The van der Waals surface area contributed by atoms with Crippen LogP contribution in [0.3, 0.4) is 0 Å². The number of hydrogen-bond acceptors (Lipinski definition) is 2. The third-order valence-corrected chi connectivity index (χ3v) is 4.16. The standard InChI is InChI=1S/C15H10BrClN2O2/c16-12-5-4-11(13(17)8-12)9-18-7-6-10-2-1-3-14(15(10)18)19(20)21/h1-8H,9H2. The van der Waals surface area contributed by atoms with E-state index in [0.717, 1.165) is 15.4 Å². The number of benzene rings is 2. The van der Waals surface area contributed by atoms with Crippen LogP contribution >= 0.6 is 27.5 Å². The van der Waals surface area contributed by atoms with Crippen LogP contribution in [0.25, 0.3) is 10.9 Å². The fraction of sp³-hybridized carbons (Fsp3) is 0.0667. The number of hydrogen-bond donors (Lipinski definition) is 0. The highest BCUT2D eigenvalue weighted by Crippen LogP contribution is 2.29. The van der Waals surface area contributed by atoms with Gasteiger partial charge >= 0.3 is 0 Å². The Morgan fingerprint density at radius 1 is 1.24 bits per heavy atom. The lowest BCUT2D eigenvalue weighted by Crippen LogP contribution is -2.01. The second-order valence-corrected chi connectivity index (χ2v) is 5.97. The van der Waals surface area contributed by atoms with Crippen molar-refractivity contribution in [1.29, 1.82) is 0 Å². The van der Waals surface area contributed by atoms with Gasteiger partial charge < -0.3 is 4.57 Å². The first kappa shape index (κ1) is 14.1. The summed E-state index contributed by atoms with van der Waals surface area (Å²) in [7, 11) is 0. The zero-order valence-corrected chi connectivity index (χ0v) is 13.1. The highest BCUT2D eigenvalue weighted by Gasteiger charge is 2.15. The Hall–Kier alpha value is -1.85. The Bertz CT molecular complexity index is 845. The SMILES string of the molecule is O=[N+]([O-])c1cccc2ccn(Cc3ccc(Br)cc3Cl)c12. The van der Waals surface area contributed by atoms with E-state index in [9.17, 15) is 10.1 Å². The Morgan fingerprint density at radius 3 is 2.76 bits per heavy atom. The van der Waals surface area contributed by atoms with Crippen LogP contribution in [0, 0.1) is 10.1 Å². The van der Waals surface area contributed by atoms with Gasteiger partial charge in [-0.3, -0.25) is 10.1 Å². The molecule has 0 N–H and O–H groups in total. The molecule has 0 bridgehead atoms. The molecule has 3 rings (SSSR count). The Balaban J connectivity index is 2.11. The lowest BCUT2D eigenvalue weighted by molar-refractivity contribution is -0.383. The van der Waals surface area contributed by atoms with E-state index in [4.69, 9.17) is 11.6 Å². The van der Waals surface area contributed by atoms with Crippen LogP contribution in [0.5, 0.6) is 0 Å². The summed E-state index contributed by atoms with van der Waals surface area (Å²) in [5.41, 5.74) is 1.63. The maximum atomic E-state index is 11.2. The second kappa shape index (κ2) is 5.50. The van der Waals surface area contributed by atoms with E-state index in [1.54, 1.807) is 6.07 Å². The zero-order valence-electron chi connectivity index (χ0n) is 10.8. The van der Waals surface area contributed by atoms with Gasteiger partial charge in [-0.25, -0.2) is 0 Å². The summed E-state index contributed by atoms with van der Waals surface area (Å²) in [5, 5.41) is 12.7. The maximum Gasteiger partial charge on any atom is 0.293 e. The number of halogens is 2. The minimum absolute atomic E-state index is 0.103. The molecule has 106 valence electrons. The topological polar surface area (TPSA) is 48.1 Å². The molecule has 0 atom stereocenters. The van der Waals surface area contributed by atoms with Gasteiger partial charge in [0.1, 0.15) is 5.52 Å². The average molecular weight is 366 g/mol. The van der Waals surface area contributed by atoms with Crippen LogP contribution in [0.4, 0.5) is 5.69 Å². The number of para-hydroxylation sites is 1. The van der Waals surface area contributed by atoms with Crippen molar-refractivity contribution < 1.29 is 4.92 Å². The quantitative estimate of drug-likeness (QED) is 0.483. The van der Waals surface area contributed by atoms with E-state index in [1.807, 2.05) is 41.1 Å². The molecule has 0 fully saturated rings. The molecule has 0 saturated heterocycles. The molecule has 21 heavy (non-hydrogen) atoms. The van der Waals surface area contributed by atoms with Gasteiger partial charge in [0.2, 0.25) is 0 Å². The van der Waals surface area contributed by atoms with Crippen molar-refractivity contribution in [3.63, 3.8) is 0 Å². The minimum atomic E-state index is -0.359. The molecule has 2 aromatic carbocycles. The molecule has 0 unspecified atom stereocenters. The maximum absolute atomic E-state index is 11.2. The number of nitro groups is 1. The smallest absolute Gasteiger partial charge is 0.293 e. The van der Waals surface area contributed by atoms with Crippen LogP contribution in [-0.4, -0.2) is 9.49 Å². The van der Waals surface area contributed by atoms with Crippen molar-refractivity contribution >= 4 is 44.1 Å². The number of aromatic nitrogens is 1. The largest absolute Gasteiger partial charge is 0.337 e. The molecule has 0 aliphatic carbocycles. The van der Waals surface area contributed by atoms with Crippen LogP contribution in [0.2, 0.25) is 5.02 Å². The van der Waals surface area contributed by atoms with Gasteiger partial charge in [0.25, 0.3) is 5.69 Å². The fourth-order valence-corrected chi connectivity index (χ4v) is 3.09. The third kappa shape index (κ3) is 2.66. The van der Waals surface area contributed by atoms with Gasteiger partial charge in [0.05, 0.1) is 4.92 Å². The van der Waals surface area contributed by atoms with Crippen molar-refractivity contribution in [3.05, 3.63) is 73.8 Å². The van der Waals surface area contributed by atoms with E-state index < -0.39 is 0 Å². The summed E-state index contributed by atoms with van der Waals surface area (Å²) in [6.45, 7) is 0.487. The van der Waals surface area contributed by atoms with Crippen molar-refractivity contribution in [2.75, 3.05) is 0 Å². The summed E-state index contributed by atoms with van der Waals surface area (Å²) in [4.78, 5) is 10.8. The molecule has 0 spiro atoms. The minimum Gasteiger partial charge on any atom is -0.337 e. The monoisotopic (exact) mass is 364 g/mol. The van der Waals surface area contributed by atoms with Gasteiger partial charge in [0.15, 0.2) is 0 Å². The first-order valence-electron chi connectivity index (χ1n) is 6.22. The van der Waals surface area contributed by atoms with Gasteiger partial charge in [-0.1, -0.05) is 45.7 Å². The number of nitro benzene ring substituents is 1. The average Bonchev–Trinajstić information content (AvgIpc) is 2.85. The molecule has 3 aromatic rings. The van der Waals surface area contributed by atoms with Gasteiger partial charge in [-0.05, 0) is 23.8 Å². The van der Waals surface area contributed by atoms with Crippen LogP contribution in [0.1, 0.15) is 5.56 Å². The summed E-state index contributed by atoms with van der Waals surface area (Å²) in [6.07, 6.45) is 1.84. The van der Waals surface area contributed by atoms with E-state index in [2.05, 4.69) is 15.9 Å². The molecule has 1 heterocycles. The molecule has 0 radical (unpaired) electrons. The summed E-state index contributed by atoms with van der Waals surface area (Å²) < 4.78 is 2.75. The summed E-state index contributed by atoms with van der Waals surface area (Å²) >= 11 is 9.59. The molecule has 0 aliphatic rings. The van der Waals surface area contributed by atoms with Crippen LogP contribution in [-0.2, 0) is 6.54 Å². The Morgan fingerprint density at radius 2 is 2.05 bits per heavy atom. The molecule has 6 heteroatoms. The molecule has 0 aliphatic heterocycles. The van der Waals surface area contributed by atoms with Gasteiger partial charge in [-0.2, -0.15) is 0 Å². The number of rotatable bonds is 3. The molecular weight excluding hydrogens is 356 g/mol. The molecule has 1 aromatic heterocycles. The van der Waals surface area contributed by atoms with E-state index in [1.165, 1.54) is 6.07 Å². The van der Waals surface area contributed by atoms with E-state index in [-0.39, 0.29) is 10.6 Å². The Kier molecular flexibility index (Phi) is 3.69. The lowest BCUT2D eigenvalue weighted by Gasteiger charge is -2.08. The van der Waals surface area contributed by atoms with Crippen molar-refractivity contribution in [2.45, 2.75) is 6.54 Å². The lowest BCUT2D eigenvalue weighted by atomic mass is 10.2. The summed E-state index contributed by atoms with van der Waals surface area (Å²) in [5.74, 6) is 0. The van der Waals surface area contributed by atoms with Crippen molar-refractivity contribution in [2.24, 2.45) is 0 Å². The normalized spacial score (nSPS) is 11.0. The van der Waals surface area contributed by atoms with Crippen LogP contribution < -0.4 is 0 Å². The second-order valence-electron chi connectivity index (χ2n) is 4.65. The third-order valence-electron chi connectivity index (χ3n) is 3.32. The van der Waals surface area contributed by atoms with E-state index >= 15 is 0 Å². The highest BCUT2D eigenvalue weighted by atomic mass is 79.9. The molecular formula is C15H10BrClN2O2. The molecule has 0 amide bonds. The van der Waals surface area contributed by atoms with Crippen molar-refractivity contribution in [1.82, 2.24) is 4.57 Å². The van der Waals surface area contributed by atoms with Crippen LogP contribution in [0.15, 0.2) is 53.1 Å². The number of non-ortho nitro benzene ring substituents is 1. The first-order chi connectivity index (χ1) is 10.1. The summed E-state index contributed by atoms with van der Waals surface area (Å²) in [6, 6.07) is 12.6. The predicted molar refractivity (Wildman–Crippen MR) is 86.8 cm³/mol.